The molecular weight excluding hydrogens is 288 g/mol. The molecule has 0 radical (unpaired) electrons. The van der Waals surface area contributed by atoms with Gasteiger partial charge in [0.1, 0.15) is 5.54 Å². The predicted molar refractivity (Wildman–Crippen MR) is 89.1 cm³/mol. The Morgan fingerprint density at radius 3 is 1.78 bits per heavy atom. The number of hydrogen-bond donors (Lipinski definition) is 0. The van der Waals surface area contributed by atoms with Gasteiger partial charge in [-0.25, -0.2) is 4.98 Å². The Hall–Kier alpha value is -2.43. The number of ether oxygens (including phenoxy) is 2. The second-order valence-electron chi connectivity index (χ2n) is 5.27. The van der Waals surface area contributed by atoms with E-state index in [4.69, 9.17) is 9.47 Å². The minimum absolute atomic E-state index is 0.513. The summed E-state index contributed by atoms with van der Waals surface area (Å²) in [6.07, 6.45) is 4.99. The zero-order valence-electron chi connectivity index (χ0n) is 13.3. The molecule has 0 atom stereocenters. The fraction of sp³-hybridized carbons (Fsp3) is 0.211. The maximum Gasteiger partial charge on any atom is 0.188 e. The molecule has 0 N–H and O–H groups in total. The molecule has 0 saturated heterocycles. The Morgan fingerprint density at radius 2 is 1.39 bits per heavy atom. The molecule has 3 aromatic rings. The van der Waals surface area contributed by atoms with Crippen molar-refractivity contribution in [3.05, 3.63) is 90.5 Å². The van der Waals surface area contributed by atoms with Crippen LogP contribution in [-0.2, 0) is 15.0 Å². The average molecular weight is 308 g/mol. The van der Waals surface area contributed by atoms with Crippen LogP contribution in [0.3, 0.4) is 0 Å². The van der Waals surface area contributed by atoms with E-state index < -0.39 is 11.8 Å². The minimum atomic E-state index is -0.664. The van der Waals surface area contributed by atoms with Crippen LogP contribution < -0.4 is 0 Å². The van der Waals surface area contributed by atoms with Crippen LogP contribution in [0.2, 0.25) is 0 Å². The summed E-state index contributed by atoms with van der Waals surface area (Å²) in [4.78, 5) is 4.24. The van der Waals surface area contributed by atoms with E-state index >= 15 is 0 Å². The van der Waals surface area contributed by atoms with Gasteiger partial charge in [-0.3, -0.25) is 0 Å². The Kier molecular flexibility index (Phi) is 4.55. The third-order valence-electron chi connectivity index (χ3n) is 4.11. The molecule has 0 spiro atoms. The van der Waals surface area contributed by atoms with E-state index in [9.17, 15) is 0 Å². The second kappa shape index (κ2) is 6.77. The molecule has 0 amide bonds. The molecule has 0 saturated carbocycles. The maximum absolute atomic E-state index is 5.73. The summed E-state index contributed by atoms with van der Waals surface area (Å²) in [5.74, 6) is 0. The molecule has 0 bridgehead atoms. The first-order chi connectivity index (χ1) is 11.3. The largest absolute Gasteiger partial charge is 0.353 e. The Labute approximate surface area is 136 Å². The third-order valence-corrected chi connectivity index (χ3v) is 4.11. The van der Waals surface area contributed by atoms with E-state index in [0.717, 1.165) is 11.1 Å². The molecule has 23 heavy (non-hydrogen) atoms. The van der Waals surface area contributed by atoms with Crippen molar-refractivity contribution in [3.8, 4) is 0 Å². The molecule has 4 nitrogen and oxygen atoms in total. The maximum atomic E-state index is 5.73. The van der Waals surface area contributed by atoms with Gasteiger partial charge in [0.2, 0.25) is 0 Å². The average Bonchev–Trinajstić information content (AvgIpc) is 3.16. The first-order valence-corrected chi connectivity index (χ1v) is 7.49. The van der Waals surface area contributed by atoms with E-state index in [1.54, 1.807) is 26.7 Å². The van der Waals surface area contributed by atoms with Crippen LogP contribution in [0.1, 0.15) is 11.1 Å². The van der Waals surface area contributed by atoms with Gasteiger partial charge < -0.3 is 14.0 Å². The second-order valence-corrected chi connectivity index (χ2v) is 5.27. The summed E-state index contributed by atoms with van der Waals surface area (Å²) in [5, 5.41) is 0. The van der Waals surface area contributed by atoms with Crippen LogP contribution in [0.15, 0.2) is 79.4 Å². The highest BCUT2D eigenvalue weighted by molar-refractivity contribution is 5.41. The predicted octanol–water partition coefficient (Wildman–Crippen LogP) is 3.29. The lowest BCUT2D eigenvalue weighted by Crippen LogP contribution is -2.48. The molecule has 0 aliphatic rings. The Morgan fingerprint density at radius 1 is 0.870 bits per heavy atom. The normalized spacial score (nSPS) is 11.8. The fourth-order valence-electron chi connectivity index (χ4n) is 3.15. The van der Waals surface area contributed by atoms with E-state index in [-0.39, 0.29) is 0 Å². The standard InChI is InChI=1S/C19H20N2O2/c1-22-18(23-2)19(21-14-13-20-15-21,16-9-5-3-6-10-16)17-11-7-4-8-12-17/h3-15,18H,1-2H3. The lowest BCUT2D eigenvalue weighted by molar-refractivity contribution is -0.147. The van der Waals surface area contributed by atoms with Crippen LogP contribution in [0, 0.1) is 0 Å². The number of imidazole rings is 1. The van der Waals surface area contributed by atoms with Crippen molar-refractivity contribution >= 4 is 0 Å². The summed E-state index contributed by atoms with van der Waals surface area (Å²) >= 11 is 0. The molecule has 0 fully saturated rings. The van der Waals surface area contributed by atoms with Gasteiger partial charge in [0.05, 0.1) is 6.33 Å². The van der Waals surface area contributed by atoms with Gasteiger partial charge >= 0.3 is 0 Å². The molecule has 0 aliphatic carbocycles. The highest BCUT2D eigenvalue weighted by atomic mass is 16.7. The molecule has 2 aromatic carbocycles. The van der Waals surface area contributed by atoms with Gasteiger partial charge in [-0.15, -0.1) is 0 Å². The first-order valence-electron chi connectivity index (χ1n) is 7.49. The third kappa shape index (κ3) is 2.56. The number of hydrogen-bond acceptors (Lipinski definition) is 3. The number of benzene rings is 2. The monoisotopic (exact) mass is 308 g/mol. The van der Waals surface area contributed by atoms with Crippen molar-refractivity contribution in [2.75, 3.05) is 14.2 Å². The van der Waals surface area contributed by atoms with Crippen LogP contribution >= 0.6 is 0 Å². The Bertz CT molecular complexity index is 668. The van der Waals surface area contributed by atoms with Crippen molar-refractivity contribution in [3.63, 3.8) is 0 Å². The topological polar surface area (TPSA) is 36.3 Å². The van der Waals surface area contributed by atoms with Crippen molar-refractivity contribution in [2.24, 2.45) is 0 Å². The summed E-state index contributed by atoms with van der Waals surface area (Å²) in [6.45, 7) is 0. The zero-order chi connectivity index (χ0) is 16.1. The highest BCUT2D eigenvalue weighted by Gasteiger charge is 2.44. The summed E-state index contributed by atoms with van der Waals surface area (Å²) in [5.41, 5.74) is 1.47. The highest BCUT2D eigenvalue weighted by Crippen LogP contribution is 2.38. The van der Waals surface area contributed by atoms with Crippen molar-refractivity contribution in [1.29, 1.82) is 0 Å². The lowest BCUT2D eigenvalue weighted by Gasteiger charge is -2.41. The quantitative estimate of drug-likeness (QED) is 0.656. The lowest BCUT2D eigenvalue weighted by atomic mass is 9.81. The molecule has 3 rings (SSSR count). The van der Waals surface area contributed by atoms with Gasteiger partial charge in [-0.1, -0.05) is 60.7 Å². The van der Waals surface area contributed by atoms with Crippen molar-refractivity contribution in [2.45, 2.75) is 11.8 Å². The number of aromatic nitrogens is 2. The van der Waals surface area contributed by atoms with Crippen LogP contribution in [-0.4, -0.2) is 30.1 Å². The van der Waals surface area contributed by atoms with Crippen molar-refractivity contribution in [1.82, 2.24) is 9.55 Å². The van der Waals surface area contributed by atoms with Crippen LogP contribution in [0.25, 0.3) is 0 Å². The zero-order valence-corrected chi connectivity index (χ0v) is 13.3. The van der Waals surface area contributed by atoms with E-state index in [0.29, 0.717) is 0 Å². The van der Waals surface area contributed by atoms with Crippen LogP contribution in [0.5, 0.6) is 0 Å². The van der Waals surface area contributed by atoms with Gasteiger partial charge in [0, 0.05) is 26.6 Å². The first kappa shape index (κ1) is 15.5. The summed E-state index contributed by atoms with van der Waals surface area (Å²) in [6, 6.07) is 20.4. The number of methoxy groups -OCH3 is 2. The molecule has 118 valence electrons. The molecule has 0 unspecified atom stereocenters. The van der Waals surface area contributed by atoms with Gasteiger partial charge in [0.25, 0.3) is 0 Å². The molecule has 0 aliphatic heterocycles. The Balaban J connectivity index is 2.35. The van der Waals surface area contributed by atoms with E-state index in [1.165, 1.54) is 0 Å². The fourth-order valence-corrected chi connectivity index (χ4v) is 3.15. The smallest absolute Gasteiger partial charge is 0.188 e. The van der Waals surface area contributed by atoms with E-state index in [1.807, 2.05) is 47.2 Å². The SMILES string of the molecule is COC(OC)C(c1ccccc1)(c1ccccc1)n1ccnc1. The molecular formula is C19H20N2O2. The minimum Gasteiger partial charge on any atom is -0.353 e. The van der Waals surface area contributed by atoms with Gasteiger partial charge in [-0.2, -0.15) is 0 Å². The molecule has 4 heteroatoms. The van der Waals surface area contributed by atoms with Gasteiger partial charge in [-0.05, 0) is 11.1 Å². The summed E-state index contributed by atoms with van der Waals surface area (Å²) < 4.78 is 13.5. The van der Waals surface area contributed by atoms with Gasteiger partial charge in [0.15, 0.2) is 6.29 Å². The van der Waals surface area contributed by atoms with E-state index in [2.05, 4.69) is 29.2 Å². The summed E-state index contributed by atoms with van der Waals surface area (Å²) in [7, 11) is 3.32. The van der Waals surface area contributed by atoms with Crippen molar-refractivity contribution < 1.29 is 9.47 Å². The number of nitrogens with zero attached hydrogens (tertiary/aromatic N) is 2. The number of rotatable bonds is 6. The molecule has 1 aromatic heterocycles. The van der Waals surface area contributed by atoms with Crippen LogP contribution in [0.4, 0.5) is 0 Å². The molecule has 1 heterocycles.